The molecule has 2 atom stereocenters. The molecule has 2 aliphatic rings. The molecule has 18 heavy (non-hydrogen) atoms. The molecular formula is C13H14F2N2O. The third kappa shape index (κ3) is 1.70. The summed E-state index contributed by atoms with van der Waals surface area (Å²) in [7, 11) is 0. The summed E-state index contributed by atoms with van der Waals surface area (Å²) in [6, 6.07) is 3.59. The molecule has 2 aliphatic heterocycles. The highest BCUT2D eigenvalue weighted by Crippen LogP contribution is 2.29. The fourth-order valence-electron chi connectivity index (χ4n) is 2.95. The number of likely N-dealkylation sites (tertiary alicyclic amines) is 1. The molecule has 3 rings (SSSR count). The minimum absolute atomic E-state index is 0.0801. The van der Waals surface area contributed by atoms with Crippen LogP contribution in [0.3, 0.4) is 0 Å². The van der Waals surface area contributed by atoms with Crippen LogP contribution in [0.5, 0.6) is 0 Å². The van der Waals surface area contributed by atoms with Gasteiger partial charge in [-0.3, -0.25) is 4.79 Å². The SMILES string of the molecule is O=C(c1c(F)cccc1F)N1CC[C@@H]2CNC[C@@H]21. The van der Waals surface area contributed by atoms with E-state index in [1.807, 2.05) is 0 Å². The average molecular weight is 252 g/mol. The highest BCUT2D eigenvalue weighted by atomic mass is 19.1. The number of amides is 1. The Balaban J connectivity index is 1.91. The summed E-state index contributed by atoms with van der Waals surface area (Å²) >= 11 is 0. The molecule has 0 spiro atoms. The topological polar surface area (TPSA) is 32.3 Å². The zero-order chi connectivity index (χ0) is 12.7. The molecular weight excluding hydrogens is 238 g/mol. The highest BCUT2D eigenvalue weighted by molar-refractivity contribution is 5.95. The second-order valence-electron chi connectivity index (χ2n) is 4.87. The number of fused-ring (bicyclic) bond motifs is 1. The van der Waals surface area contributed by atoms with E-state index in [4.69, 9.17) is 0 Å². The molecule has 0 bridgehead atoms. The van der Waals surface area contributed by atoms with Gasteiger partial charge in [0.05, 0.1) is 0 Å². The number of hydrogen-bond acceptors (Lipinski definition) is 2. The lowest BCUT2D eigenvalue weighted by Gasteiger charge is -2.23. The minimum Gasteiger partial charge on any atom is -0.334 e. The molecule has 2 saturated heterocycles. The molecule has 0 radical (unpaired) electrons. The van der Waals surface area contributed by atoms with Gasteiger partial charge in [-0.15, -0.1) is 0 Å². The molecule has 1 amide bonds. The zero-order valence-electron chi connectivity index (χ0n) is 9.83. The fraction of sp³-hybridized carbons (Fsp3) is 0.462. The summed E-state index contributed by atoms with van der Waals surface area (Å²) in [5, 5.41) is 3.21. The Morgan fingerprint density at radius 2 is 2.00 bits per heavy atom. The Kier molecular flexibility index (Phi) is 2.78. The average Bonchev–Trinajstić information content (AvgIpc) is 2.89. The summed E-state index contributed by atoms with van der Waals surface area (Å²) < 4.78 is 27.2. The van der Waals surface area contributed by atoms with Gasteiger partial charge in [0.2, 0.25) is 0 Å². The number of benzene rings is 1. The number of carbonyl (C=O) groups excluding carboxylic acids is 1. The van der Waals surface area contributed by atoms with Crippen molar-refractivity contribution >= 4 is 5.91 Å². The summed E-state index contributed by atoms with van der Waals surface area (Å²) in [6.45, 7) is 2.18. The van der Waals surface area contributed by atoms with Crippen molar-refractivity contribution in [2.24, 2.45) is 5.92 Å². The Labute approximate surface area is 104 Å². The maximum atomic E-state index is 13.6. The first-order valence-corrected chi connectivity index (χ1v) is 6.14. The van der Waals surface area contributed by atoms with Crippen LogP contribution in [-0.4, -0.2) is 36.5 Å². The summed E-state index contributed by atoms with van der Waals surface area (Å²) in [6.07, 6.45) is 0.902. The van der Waals surface area contributed by atoms with E-state index < -0.39 is 23.1 Å². The largest absolute Gasteiger partial charge is 0.334 e. The maximum absolute atomic E-state index is 13.6. The number of halogens is 2. The first-order valence-electron chi connectivity index (χ1n) is 6.14. The lowest BCUT2D eigenvalue weighted by molar-refractivity contribution is 0.0727. The van der Waals surface area contributed by atoms with E-state index in [1.165, 1.54) is 6.07 Å². The minimum atomic E-state index is -0.783. The van der Waals surface area contributed by atoms with Gasteiger partial charge in [-0.05, 0) is 24.5 Å². The predicted octanol–water partition coefficient (Wildman–Crippen LogP) is 1.40. The van der Waals surface area contributed by atoms with Gasteiger partial charge in [0, 0.05) is 25.7 Å². The molecule has 1 N–H and O–H groups in total. The number of hydrogen-bond donors (Lipinski definition) is 1. The molecule has 5 heteroatoms. The van der Waals surface area contributed by atoms with E-state index in [1.54, 1.807) is 4.90 Å². The quantitative estimate of drug-likeness (QED) is 0.819. The van der Waals surface area contributed by atoms with Gasteiger partial charge in [0.15, 0.2) is 0 Å². The third-order valence-electron chi connectivity index (χ3n) is 3.88. The van der Waals surface area contributed by atoms with E-state index in [0.29, 0.717) is 19.0 Å². The van der Waals surface area contributed by atoms with Crippen molar-refractivity contribution in [2.45, 2.75) is 12.5 Å². The van der Waals surface area contributed by atoms with Crippen molar-refractivity contribution in [3.8, 4) is 0 Å². The van der Waals surface area contributed by atoms with Crippen LogP contribution < -0.4 is 5.32 Å². The van der Waals surface area contributed by atoms with Gasteiger partial charge >= 0.3 is 0 Å². The molecule has 1 aromatic carbocycles. The molecule has 96 valence electrons. The van der Waals surface area contributed by atoms with Crippen molar-refractivity contribution in [3.05, 3.63) is 35.4 Å². The van der Waals surface area contributed by atoms with E-state index in [2.05, 4.69) is 5.32 Å². The van der Waals surface area contributed by atoms with Gasteiger partial charge in [-0.1, -0.05) is 6.07 Å². The van der Waals surface area contributed by atoms with Crippen molar-refractivity contribution in [1.29, 1.82) is 0 Å². The molecule has 2 fully saturated rings. The van der Waals surface area contributed by atoms with Crippen molar-refractivity contribution in [2.75, 3.05) is 19.6 Å². The first-order chi connectivity index (χ1) is 8.68. The molecule has 0 aliphatic carbocycles. The zero-order valence-corrected chi connectivity index (χ0v) is 9.83. The van der Waals surface area contributed by atoms with E-state index in [0.717, 1.165) is 25.1 Å². The van der Waals surface area contributed by atoms with E-state index in [9.17, 15) is 13.6 Å². The lowest BCUT2D eigenvalue weighted by Crippen LogP contribution is -2.39. The van der Waals surface area contributed by atoms with Crippen LogP contribution in [0.1, 0.15) is 16.8 Å². The number of carbonyl (C=O) groups is 1. The Morgan fingerprint density at radius 1 is 1.28 bits per heavy atom. The fourth-order valence-corrected chi connectivity index (χ4v) is 2.95. The van der Waals surface area contributed by atoms with Crippen LogP contribution in [0.15, 0.2) is 18.2 Å². The second-order valence-corrected chi connectivity index (χ2v) is 4.87. The highest BCUT2D eigenvalue weighted by Gasteiger charge is 2.41. The monoisotopic (exact) mass is 252 g/mol. The molecule has 0 unspecified atom stereocenters. The van der Waals surface area contributed by atoms with Crippen molar-refractivity contribution in [3.63, 3.8) is 0 Å². The third-order valence-corrected chi connectivity index (χ3v) is 3.88. The normalized spacial score (nSPS) is 26.4. The summed E-state index contributed by atoms with van der Waals surface area (Å²) in [4.78, 5) is 13.9. The standard InChI is InChI=1S/C13H14F2N2O/c14-9-2-1-3-10(15)12(9)13(18)17-5-4-8-6-16-7-11(8)17/h1-3,8,11,16H,4-7H2/t8-,11+/m1/s1. The van der Waals surface area contributed by atoms with Gasteiger partial charge in [0.25, 0.3) is 5.91 Å². The first kappa shape index (κ1) is 11.6. The van der Waals surface area contributed by atoms with Crippen LogP contribution in [0, 0.1) is 17.6 Å². The van der Waals surface area contributed by atoms with Crippen LogP contribution in [-0.2, 0) is 0 Å². The molecule has 2 heterocycles. The number of rotatable bonds is 1. The molecule has 0 saturated carbocycles. The van der Waals surface area contributed by atoms with Crippen LogP contribution in [0.2, 0.25) is 0 Å². The summed E-state index contributed by atoms with van der Waals surface area (Å²) in [5.41, 5.74) is -0.426. The smallest absolute Gasteiger partial charge is 0.260 e. The van der Waals surface area contributed by atoms with Crippen LogP contribution in [0.4, 0.5) is 8.78 Å². The van der Waals surface area contributed by atoms with Gasteiger partial charge in [0.1, 0.15) is 17.2 Å². The Hall–Kier alpha value is -1.49. The van der Waals surface area contributed by atoms with Gasteiger partial charge in [-0.25, -0.2) is 8.78 Å². The van der Waals surface area contributed by atoms with Crippen LogP contribution in [0.25, 0.3) is 0 Å². The van der Waals surface area contributed by atoms with Crippen molar-refractivity contribution in [1.82, 2.24) is 10.2 Å². The maximum Gasteiger partial charge on any atom is 0.260 e. The van der Waals surface area contributed by atoms with E-state index in [-0.39, 0.29) is 6.04 Å². The molecule has 0 aromatic heterocycles. The van der Waals surface area contributed by atoms with E-state index >= 15 is 0 Å². The molecule has 1 aromatic rings. The number of nitrogens with one attached hydrogen (secondary N) is 1. The Bertz CT molecular complexity index is 472. The predicted molar refractivity (Wildman–Crippen MR) is 62.2 cm³/mol. The molecule has 3 nitrogen and oxygen atoms in total. The van der Waals surface area contributed by atoms with Crippen LogP contribution >= 0.6 is 0 Å². The lowest BCUT2D eigenvalue weighted by atomic mass is 10.0. The Morgan fingerprint density at radius 3 is 2.72 bits per heavy atom. The second kappa shape index (κ2) is 4.31. The van der Waals surface area contributed by atoms with Gasteiger partial charge in [-0.2, -0.15) is 0 Å². The number of nitrogens with zero attached hydrogens (tertiary/aromatic N) is 1. The van der Waals surface area contributed by atoms with Gasteiger partial charge < -0.3 is 10.2 Å². The summed E-state index contributed by atoms with van der Waals surface area (Å²) in [5.74, 6) is -1.67. The van der Waals surface area contributed by atoms with Crippen molar-refractivity contribution < 1.29 is 13.6 Å².